The number of nitrogens with one attached hydrogen (secondary N) is 1. The minimum absolute atomic E-state index is 0.550. The molecule has 0 amide bonds. The summed E-state index contributed by atoms with van der Waals surface area (Å²) < 4.78 is 11.2. The van der Waals surface area contributed by atoms with Crippen LogP contribution in [0.3, 0.4) is 0 Å². The molecule has 0 aliphatic carbocycles. The van der Waals surface area contributed by atoms with E-state index in [9.17, 15) is 0 Å². The molecule has 17 heavy (non-hydrogen) atoms. The Morgan fingerprint density at radius 1 is 1.29 bits per heavy atom. The van der Waals surface area contributed by atoms with Crippen LogP contribution in [0.2, 0.25) is 0 Å². The molecule has 0 saturated heterocycles. The number of benzene rings is 1. The molecule has 4 nitrogen and oxygen atoms in total. The minimum atomic E-state index is -0.724. The van der Waals surface area contributed by atoms with Gasteiger partial charge < -0.3 is 15.0 Å². The van der Waals surface area contributed by atoms with Crippen molar-refractivity contribution in [1.29, 1.82) is 0 Å². The van der Waals surface area contributed by atoms with E-state index < -0.39 is 8.30 Å². The Labute approximate surface area is 104 Å². The van der Waals surface area contributed by atoms with E-state index in [0.29, 0.717) is 26.1 Å². The number of hydrogen-bond acceptors (Lipinski definition) is 4. The van der Waals surface area contributed by atoms with Crippen LogP contribution in [0, 0.1) is 0 Å². The zero-order valence-electron chi connectivity index (χ0n) is 10.3. The Hall–Kier alpha value is -0.510. The highest BCUT2D eigenvalue weighted by Crippen LogP contribution is 2.32. The summed E-state index contributed by atoms with van der Waals surface area (Å²) >= 11 is 0. The van der Waals surface area contributed by atoms with Crippen LogP contribution >= 0.6 is 8.30 Å². The fourth-order valence-corrected chi connectivity index (χ4v) is 2.47. The van der Waals surface area contributed by atoms with Crippen LogP contribution in [0.1, 0.15) is 12.5 Å². The summed E-state index contributed by atoms with van der Waals surface area (Å²) in [5.74, 6) is 0. The molecular weight excluding hydrogens is 235 g/mol. The van der Waals surface area contributed by atoms with Gasteiger partial charge in [-0.3, -0.25) is 5.09 Å². The minimum Gasteiger partial charge on any atom is -0.372 e. The predicted octanol–water partition coefficient (Wildman–Crippen LogP) is 2.06. The Kier molecular flexibility index (Phi) is 8.14. The van der Waals surface area contributed by atoms with Crippen molar-refractivity contribution < 1.29 is 9.26 Å². The van der Waals surface area contributed by atoms with Gasteiger partial charge in [0.2, 0.25) is 0 Å². The van der Waals surface area contributed by atoms with Crippen LogP contribution in [0.15, 0.2) is 30.3 Å². The third-order valence-corrected chi connectivity index (χ3v) is 3.56. The number of rotatable bonds is 9. The summed E-state index contributed by atoms with van der Waals surface area (Å²) in [6.07, 6.45) is 0.590. The molecule has 0 aromatic heterocycles. The van der Waals surface area contributed by atoms with Gasteiger partial charge in [-0.1, -0.05) is 37.3 Å². The monoisotopic (exact) mass is 256 g/mol. The van der Waals surface area contributed by atoms with Crippen LogP contribution in [0.25, 0.3) is 0 Å². The van der Waals surface area contributed by atoms with E-state index in [-0.39, 0.29) is 0 Å². The van der Waals surface area contributed by atoms with Gasteiger partial charge in [-0.15, -0.1) is 0 Å². The van der Waals surface area contributed by atoms with Crippen molar-refractivity contribution in [3.8, 4) is 0 Å². The maximum Gasteiger partial charge on any atom is 0.128 e. The summed E-state index contributed by atoms with van der Waals surface area (Å²) in [4.78, 5) is 0. The number of ether oxygens (including phenoxy) is 1. The Morgan fingerprint density at radius 2 is 2.06 bits per heavy atom. The second-order valence-corrected chi connectivity index (χ2v) is 5.06. The van der Waals surface area contributed by atoms with Crippen molar-refractivity contribution in [3.05, 3.63) is 35.9 Å². The lowest BCUT2D eigenvalue weighted by Gasteiger charge is -2.17. The van der Waals surface area contributed by atoms with E-state index >= 15 is 0 Å². The lowest BCUT2D eigenvalue weighted by molar-refractivity contribution is 0.175. The molecule has 1 rings (SSSR count). The normalized spacial score (nSPS) is 12.6. The Morgan fingerprint density at radius 3 is 2.71 bits per heavy atom. The van der Waals surface area contributed by atoms with Crippen molar-refractivity contribution in [1.82, 2.24) is 5.09 Å². The maximum atomic E-state index is 5.80. The molecule has 1 atom stereocenters. The van der Waals surface area contributed by atoms with Gasteiger partial charge in [0.1, 0.15) is 14.6 Å². The fraction of sp³-hybridized carbons (Fsp3) is 0.500. The van der Waals surface area contributed by atoms with Crippen molar-refractivity contribution >= 4 is 8.30 Å². The highest BCUT2D eigenvalue weighted by atomic mass is 31.2. The lowest BCUT2D eigenvalue weighted by atomic mass is 10.2. The van der Waals surface area contributed by atoms with Crippen molar-refractivity contribution in [2.45, 2.75) is 13.5 Å². The van der Waals surface area contributed by atoms with Gasteiger partial charge in [0.25, 0.3) is 0 Å². The largest absolute Gasteiger partial charge is 0.372 e. The van der Waals surface area contributed by atoms with Crippen LogP contribution in [-0.2, 0) is 15.9 Å². The van der Waals surface area contributed by atoms with Crippen LogP contribution < -0.4 is 10.8 Å². The summed E-state index contributed by atoms with van der Waals surface area (Å²) in [6, 6.07) is 10.1. The first kappa shape index (κ1) is 14.6. The number of nitrogens with two attached hydrogens (primary N) is 1. The standard InChI is InChI=1S/C12H21N2O2P/c1-2-14-17(11-15-9-8-13)16-10-12-6-4-3-5-7-12/h3-7,14H,2,8-11,13H2,1H3. The molecule has 0 aliphatic rings. The average molecular weight is 256 g/mol. The molecule has 0 bridgehead atoms. The SMILES string of the molecule is CCNP(COCCN)OCc1ccccc1. The first-order valence-corrected chi connectivity index (χ1v) is 7.27. The zero-order valence-corrected chi connectivity index (χ0v) is 11.2. The van der Waals surface area contributed by atoms with E-state index in [1.807, 2.05) is 18.2 Å². The number of hydrogen-bond donors (Lipinski definition) is 2. The highest BCUT2D eigenvalue weighted by molar-refractivity contribution is 7.50. The lowest BCUT2D eigenvalue weighted by Crippen LogP contribution is -2.14. The first-order chi connectivity index (χ1) is 8.36. The third-order valence-electron chi connectivity index (χ3n) is 2.04. The van der Waals surface area contributed by atoms with Gasteiger partial charge in [0.05, 0.1) is 13.2 Å². The van der Waals surface area contributed by atoms with Gasteiger partial charge >= 0.3 is 0 Å². The molecule has 0 fully saturated rings. The maximum absolute atomic E-state index is 5.80. The zero-order chi connectivity index (χ0) is 12.3. The summed E-state index contributed by atoms with van der Waals surface area (Å²) in [5, 5.41) is 3.29. The van der Waals surface area contributed by atoms with Gasteiger partial charge in [0.15, 0.2) is 0 Å². The highest BCUT2D eigenvalue weighted by Gasteiger charge is 2.08. The van der Waals surface area contributed by atoms with Crippen molar-refractivity contribution in [2.24, 2.45) is 5.73 Å². The quantitative estimate of drug-likeness (QED) is 0.524. The van der Waals surface area contributed by atoms with E-state index in [0.717, 1.165) is 6.54 Å². The van der Waals surface area contributed by atoms with Crippen LogP contribution in [-0.4, -0.2) is 26.0 Å². The Bertz CT molecular complexity index is 285. The van der Waals surface area contributed by atoms with Gasteiger partial charge in [0, 0.05) is 6.54 Å². The summed E-state index contributed by atoms with van der Waals surface area (Å²) in [5.41, 5.74) is 6.55. The molecule has 0 aliphatic heterocycles. The molecule has 1 unspecified atom stereocenters. The molecule has 0 radical (unpaired) electrons. The van der Waals surface area contributed by atoms with E-state index in [1.165, 1.54) is 5.56 Å². The summed E-state index contributed by atoms with van der Waals surface area (Å²) in [6.45, 7) is 4.69. The van der Waals surface area contributed by atoms with Gasteiger partial charge in [-0.25, -0.2) is 0 Å². The van der Waals surface area contributed by atoms with Crippen molar-refractivity contribution in [2.75, 3.05) is 26.0 Å². The van der Waals surface area contributed by atoms with E-state index in [4.69, 9.17) is 15.0 Å². The predicted molar refractivity (Wildman–Crippen MR) is 71.7 cm³/mol. The molecule has 5 heteroatoms. The second-order valence-electron chi connectivity index (χ2n) is 3.48. The van der Waals surface area contributed by atoms with Gasteiger partial charge in [-0.05, 0) is 12.1 Å². The van der Waals surface area contributed by atoms with Crippen LogP contribution in [0.4, 0.5) is 0 Å². The molecule has 0 spiro atoms. The fourth-order valence-electron chi connectivity index (χ4n) is 1.26. The smallest absolute Gasteiger partial charge is 0.128 e. The van der Waals surface area contributed by atoms with E-state index in [2.05, 4.69) is 24.1 Å². The van der Waals surface area contributed by atoms with E-state index in [1.54, 1.807) is 0 Å². The molecule has 0 heterocycles. The molecular formula is C12H21N2O2P. The summed E-state index contributed by atoms with van der Waals surface area (Å²) in [7, 11) is -0.724. The average Bonchev–Trinajstić information content (AvgIpc) is 2.37. The second kappa shape index (κ2) is 9.51. The van der Waals surface area contributed by atoms with Crippen molar-refractivity contribution in [3.63, 3.8) is 0 Å². The van der Waals surface area contributed by atoms with Gasteiger partial charge in [-0.2, -0.15) is 0 Å². The van der Waals surface area contributed by atoms with Crippen LogP contribution in [0.5, 0.6) is 0 Å². The molecule has 3 N–H and O–H groups in total. The topological polar surface area (TPSA) is 56.5 Å². The Balaban J connectivity index is 2.28. The molecule has 1 aromatic rings. The third kappa shape index (κ3) is 6.71. The first-order valence-electron chi connectivity index (χ1n) is 5.82. The molecule has 1 aromatic carbocycles. The molecule has 0 saturated carbocycles. The molecule has 96 valence electrons.